The summed E-state index contributed by atoms with van der Waals surface area (Å²) in [6, 6.07) is 13.0. The summed E-state index contributed by atoms with van der Waals surface area (Å²) in [5.74, 6) is 1.18. The van der Waals surface area contributed by atoms with Gasteiger partial charge in [-0.3, -0.25) is 10.1 Å². The third-order valence-electron chi connectivity index (χ3n) is 3.78. The Labute approximate surface area is 157 Å². The van der Waals surface area contributed by atoms with Crippen LogP contribution >= 0.6 is 11.3 Å². The van der Waals surface area contributed by atoms with E-state index in [1.807, 2.05) is 43.3 Å². The summed E-state index contributed by atoms with van der Waals surface area (Å²) >= 11 is 1.42. The molecule has 26 heavy (non-hydrogen) atoms. The van der Waals surface area contributed by atoms with Gasteiger partial charge in [0.1, 0.15) is 11.5 Å². The van der Waals surface area contributed by atoms with Gasteiger partial charge in [0.15, 0.2) is 5.13 Å². The third-order valence-corrected chi connectivity index (χ3v) is 4.71. The van der Waals surface area contributed by atoms with Gasteiger partial charge in [-0.2, -0.15) is 0 Å². The molecule has 0 spiro atoms. The van der Waals surface area contributed by atoms with Crippen molar-refractivity contribution in [3.8, 4) is 11.5 Å². The minimum absolute atomic E-state index is 0.221. The van der Waals surface area contributed by atoms with Crippen molar-refractivity contribution in [2.45, 2.75) is 26.7 Å². The average Bonchev–Trinajstić information content (AvgIpc) is 3.04. The van der Waals surface area contributed by atoms with Crippen LogP contribution in [0.1, 0.15) is 37.0 Å². The van der Waals surface area contributed by atoms with Crippen molar-refractivity contribution in [3.63, 3.8) is 0 Å². The Morgan fingerprint density at radius 3 is 2.81 bits per heavy atom. The Balaban J connectivity index is 1.76. The van der Waals surface area contributed by atoms with Gasteiger partial charge in [0.05, 0.1) is 29.0 Å². The molecule has 6 heteroatoms. The number of fused-ring (bicyclic) bond motifs is 1. The van der Waals surface area contributed by atoms with Crippen LogP contribution in [0.2, 0.25) is 0 Å². The fourth-order valence-corrected chi connectivity index (χ4v) is 3.38. The smallest absolute Gasteiger partial charge is 0.261 e. The zero-order valence-electron chi connectivity index (χ0n) is 15.0. The first kappa shape index (κ1) is 18.2. The quantitative estimate of drug-likeness (QED) is 0.559. The highest BCUT2D eigenvalue weighted by Gasteiger charge is 2.14. The minimum Gasteiger partial charge on any atom is -0.494 e. The molecule has 3 aromatic rings. The van der Waals surface area contributed by atoms with E-state index in [0.717, 1.165) is 28.8 Å². The van der Waals surface area contributed by atoms with Crippen LogP contribution in [0, 0.1) is 0 Å². The van der Waals surface area contributed by atoms with Gasteiger partial charge in [0, 0.05) is 0 Å². The number of nitrogens with one attached hydrogen (secondary N) is 1. The Kier molecular flexibility index (Phi) is 6.07. The molecule has 0 fully saturated rings. The van der Waals surface area contributed by atoms with Crippen LogP contribution in [0.5, 0.6) is 11.5 Å². The van der Waals surface area contributed by atoms with Crippen molar-refractivity contribution < 1.29 is 14.3 Å². The summed E-state index contributed by atoms with van der Waals surface area (Å²) in [6.45, 7) is 5.26. The number of aromatic nitrogens is 1. The molecule has 0 saturated heterocycles. The van der Waals surface area contributed by atoms with Gasteiger partial charge in [-0.25, -0.2) is 4.98 Å². The largest absolute Gasteiger partial charge is 0.494 e. The summed E-state index contributed by atoms with van der Waals surface area (Å²) in [7, 11) is 0. The van der Waals surface area contributed by atoms with Crippen LogP contribution in [0.3, 0.4) is 0 Å². The first-order valence-electron chi connectivity index (χ1n) is 8.77. The molecule has 1 aromatic heterocycles. The molecule has 1 heterocycles. The number of ether oxygens (including phenoxy) is 2. The summed E-state index contributed by atoms with van der Waals surface area (Å²) < 4.78 is 12.2. The molecule has 1 amide bonds. The van der Waals surface area contributed by atoms with Gasteiger partial charge in [0.2, 0.25) is 0 Å². The Morgan fingerprint density at radius 1 is 1.15 bits per heavy atom. The number of benzene rings is 2. The molecule has 0 bridgehead atoms. The summed E-state index contributed by atoms with van der Waals surface area (Å²) in [5.41, 5.74) is 1.35. The molecule has 136 valence electrons. The van der Waals surface area contributed by atoms with Crippen molar-refractivity contribution in [3.05, 3.63) is 48.0 Å². The molecular weight excluding hydrogens is 348 g/mol. The topological polar surface area (TPSA) is 60.5 Å². The van der Waals surface area contributed by atoms with E-state index in [2.05, 4.69) is 17.2 Å². The molecule has 0 aliphatic heterocycles. The molecule has 0 aliphatic carbocycles. The number of amides is 1. The van der Waals surface area contributed by atoms with Crippen molar-refractivity contribution in [1.82, 2.24) is 4.98 Å². The van der Waals surface area contributed by atoms with E-state index in [1.54, 1.807) is 6.07 Å². The summed E-state index contributed by atoms with van der Waals surface area (Å²) in [4.78, 5) is 17.1. The SMILES string of the molecule is CCCCOc1ccccc1C(=O)Nc1nc2ccc(OCC)cc2s1. The van der Waals surface area contributed by atoms with E-state index in [9.17, 15) is 4.79 Å². The maximum absolute atomic E-state index is 12.7. The zero-order valence-corrected chi connectivity index (χ0v) is 15.8. The van der Waals surface area contributed by atoms with E-state index in [4.69, 9.17) is 9.47 Å². The second-order valence-electron chi connectivity index (χ2n) is 5.73. The lowest BCUT2D eigenvalue weighted by Crippen LogP contribution is -2.13. The average molecular weight is 370 g/mol. The van der Waals surface area contributed by atoms with E-state index in [-0.39, 0.29) is 5.91 Å². The van der Waals surface area contributed by atoms with Crippen molar-refractivity contribution in [2.24, 2.45) is 0 Å². The number of carbonyl (C=O) groups excluding carboxylic acids is 1. The van der Waals surface area contributed by atoms with Gasteiger partial charge < -0.3 is 9.47 Å². The molecular formula is C20H22N2O3S. The van der Waals surface area contributed by atoms with E-state index in [0.29, 0.717) is 29.7 Å². The lowest BCUT2D eigenvalue weighted by molar-refractivity contribution is 0.102. The lowest BCUT2D eigenvalue weighted by atomic mass is 10.2. The van der Waals surface area contributed by atoms with E-state index in [1.165, 1.54) is 11.3 Å². The number of thiazole rings is 1. The normalized spacial score (nSPS) is 10.7. The maximum Gasteiger partial charge on any atom is 0.261 e. The summed E-state index contributed by atoms with van der Waals surface area (Å²) in [5, 5.41) is 3.43. The van der Waals surface area contributed by atoms with Crippen molar-refractivity contribution >= 4 is 32.6 Å². The number of rotatable bonds is 8. The number of carbonyl (C=O) groups is 1. The Hall–Kier alpha value is -2.60. The van der Waals surface area contributed by atoms with Gasteiger partial charge in [-0.05, 0) is 43.7 Å². The monoisotopic (exact) mass is 370 g/mol. The second kappa shape index (κ2) is 8.67. The second-order valence-corrected chi connectivity index (χ2v) is 6.76. The molecule has 5 nitrogen and oxygen atoms in total. The van der Waals surface area contributed by atoms with Crippen LogP contribution in [-0.4, -0.2) is 24.1 Å². The molecule has 1 N–H and O–H groups in total. The molecule has 0 radical (unpaired) electrons. The molecule has 0 saturated carbocycles. The van der Waals surface area contributed by atoms with Crippen LogP contribution in [0.4, 0.5) is 5.13 Å². The standard InChI is InChI=1S/C20H22N2O3S/c1-3-5-12-25-17-9-7-6-8-15(17)19(23)22-20-21-16-11-10-14(24-4-2)13-18(16)26-20/h6-11,13H,3-5,12H2,1-2H3,(H,21,22,23). The zero-order chi connectivity index (χ0) is 18.4. The van der Waals surface area contributed by atoms with Gasteiger partial charge in [-0.1, -0.05) is 36.8 Å². The van der Waals surface area contributed by atoms with E-state index >= 15 is 0 Å². The van der Waals surface area contributed by atoms with Crippen LogP contribution < -0.4 is 14.8 Å². The number of para-hydroxylation sites is 1. The van der Waals surface area contributed by atoms with Crippen LogP contribution in [0.25, 0.3) is 10.2 Å². The number of unbranched alkanes of at least 4 members (excludes halogenated alkanes) is 1. The fraction of sp³-hybridized carbons (Fsp3) is 0.300. The first-order valence-corrected chi connectivity index (χ1v) is 9.59. The van der Waals surface area contributed by atoms with E-state index < -0.39 is 0 Å². The number of hydrogen-bond donors (Lipinski definition) is 1. The van der Waals surface area contributed by atoms with Gasteiger partial charge in [0.25, 0.3) is 5.91 Å². The summed E-state index contributed by atoms with van der Waals surface area (Å²) in [6.07, 6.45) is 2.00. The number of hydrogen-bond acceptors (Lipinski definition) is 5. The van der Waals surface area contributed by atoms with Gasteiger partial charge >= 0.3 is 0 Å². The minimum atomic E-state index is -0.221. The Bertz CT molecular complexity index is 892. The maximum atomic E-state index is 12.7. The van der Waals surface area contributed by atoms with Crippen LogP contribution in [-0.2, 0) is 0 Å². The van der Waals surface area contributed by atoms with Crippen molar-refractivity contribution in [1.29, 1.82) is 0 Å². The number of anilines is 1. The molecule has 0 aliphatic rings. The highest BCUT2D eigenvalue weighted by atomic mass is 32.1. The molecule has 3 rings (SSSR count). The highest BCUT2D eigenvalue weighted by Crippen LogP contribution is 2.30. The van der Waals surface area contributed by atoms with Crippen LogP contribution in [0.15, 0.2) is 42.5 Å². The van der Waals surface area contributed by atoms with Crippen molar-refractivity contribution in [2.75, 3.05) is 18.5 Å². The predicted octanol–water partition coefficient (Wildman–Crippen LogP) is 5.13. The fourth-order valence-electron chi connectivity index (χ4n) is 2.49. The number of nitrogens with zero attached hydrogens (tertiary/aromatic N) is 1. The Morgan fingerprint density at radius 2 is 2.00 bits per heavy atom. The highest BCUT2D eigenvalue weighted by molar-refractivity contribution is 7.22. The first-order chi connectivity index (χ1) is 12.7. The molecule has 2 aromatic carbocycles. The third kappa shape index (κ3) is 4.32. The van der Waals surface area contributed by atoms with Gasteiger partial charge in [-0.15, -0.1) is 0 Å². The molecule has 0 atom stereocenters. The molecule has 0 unspecified atom stereocenters. The lowest BCUT2D eigenvalue weighted by Gasteiger charge is -2.10. The predicted molar refractivity (Wildman–Crippen MR) is 106 cm³/mol.